The van der Waals surface area contributed by atoms with E-state index < -0.39 is 0 Å². The lowest BCUT2D eigenvalue weighted by atomic mass is 10.0. The SMILES string of the molecule is O=C(NCCN1CCN(C(=O)Cc2ccc(-c3ccccc3)cc2)CC1)c1ccc(F)cc1. The molecule has 6 heteroatoms. The van der Waals surface area contributed by atoms with Gasteiger partial charge in [0.25, 0.3) is 5.91 Å². The monoisotopic (exact) mass is 445 g/mol. The number of carbonyl (C=O) groups is 2. The van der Waals surface area contributed by atoms with E-state index in [-0.39, 0.29) is 17.6 Å². The third-order valence-electron chi connectivity index (χ3n) is 5.96. The predicted octanol–water partition coefficient (Wildman–Crippen LogP) is 3.61. The molecule has 170 valence electrons. The Hall–Kier alpha value is -3.51. The molecule has 4 rings (SSSR count). The second kappa shape index (κ2) is 10.9. The van der Waals surface area contributed by atoms with Crippen molar-refractivity contribution >= 4 is 11.8 Å². The average Bonchev–Trinajstić information content (AvgIpc) is 2.86. The largest absolute Gasteiger partial charge is 0.351 e. The number of carbonyl (C=O) groups excluding carboxylic acids is 2. The topological polar surface area (TPSA) is 52.7 Å². The van der Waals surface area contributed by atoms with Crippen molar-refractivity contribution in [1.29, 1.82) is 0 Å². The van der Waals surface area contributed by atoms with Crippen LogP contribution in [0.25, 0.3) is 11.1 Å². The molecule has 0 radical (unpaired) electrons. The number of benzene rings is 3. The first kappa shape index (κ1) is 22.7. The van der Waals surface area contributed by atoms with E-state index in [4.69, 9.17) is 0 Å². The van der Waals surface area contributed by atoms with E-state index >= 15 is 0 Å². The van der Waals surface area contributed by atoms with Crippen LogP contribution in [0.5, 0.6) is 0 Å². The Morgan fingerprint density at radius 2 is 1.42 bits per heavy atom. The van der Waals surface area contributed by atoms with Crippen LogP contribution in [0.3, 0.4) is 0 Å². The molecule has 1 N–H and O–H groups in total. The molecule has 3 aromatic rings. The summed E-state index contributed by atoms with van der Waals surface area (Å²) in [4.78, 5) is 29.0. The smallest absolute Gasteiger partial charge is 0.251 e. The quantitative estimate of drug-likeness (QED) is 0.605. The lowest BCUT2D eigenvalue weighted by Gasteiger charge is -2.34. The zero-order valence-corrected chi connectivity index (χ0v) is 18.5. The van der Waals surface area contributed by atoms with E-state index in [2.05, 4.69) is 34.5 Å². The highest BCUT2D eigenvalue weighted by molar-refractivity contribution is 5.94. The van der Waals surface area contributed by atoms with Gasteiger partial charge in [-0.25, -0.2) is 4.39 Å². The summed E-state index contributed by atoms with van der Waals surface area (Å²) in [5, 5.41) is 2.87. The fourth-order valence-electron chi connectivity index (χ4n) is 3.98. The van der Waals surface area contributed by atoms with Crippen molar-refractivity contribution in [3.8, 4) is 11.1 Å². The Morgan fingerprint density at radius 3 is 2.09 bits per heavy atom. The van der Waals surface area contributed by atoms with Crippen LogP contribution < -0.4 is 5.32 Å². The molecule has 0 spiro atoms. The van der Waals surface area contributed by atoms with E-state index in [0.29, 0.717) is 31.6 Å². The maximum Gasteiger partial charge on any atom is 0.251 e. The van der Waals surface area contributed by atoms with E-state index in [9.17, 15) is 14.0 Å². The zero-order chi connectivity index (χ0) is 23.0. The van der Waals surface area contributed by atoms with Gasteiger partial charge in [0.1, 0.15) is 5.82 Å². The Morgan fingerprint density at radius 1 is 0.788 bits per heavy atom. The first-order chi connectivity index (χ1) is 16.1. The Bertz CT molecular complexity index is 1060. The molecule has 2 amide bonds. The summed E-state index contributed by atoms with van der Waals surface area (Å²) in [6, 6.07) is 23.9. The molecule has 0 aliphatic carbocycles. The lowest BCUT2D eigenvalue weighted by molar-refractivity contribution is -0.132. The minimum atomic E-state index is -0.358. The highest BCUT2D eigenvalue weighted by Gasteiger charge is 2.21. The van der Waals surface area contributed by atoms with Crippen LogP contribution >= 0.6 is 0 Å². The van der Waals surface area contributed by atoms with Crippen LogP contribution in [-0.2, 0) is 11.2 Å². The Kier molecular flexibility index (Phi) is 7.47. The van der Waals surface area contributed by atoms with Gasteiger partial charge in [0.05, 0.1) is 6.42 Å². The lowest BCUT2D eigenvalue weighted by Crippen LogP contribution is -2.50. The molecule has 1 aliphatic heterocycles. The molecule has 3 aromatic carbocycles. The predicted molar refractivity (Wildman–Crippen MR) is 127 cm³/mol. The van der Waals surface area contributed by atoms with Crippen LogP contribution in [0.4, 0.5) is 4.39 Å². The number of hydrogen-bond donors (Lipinski definition) is 1. The average molecular weight is 446 g/mol. The van der Waals surface area contributed by atoms with Crippen molar-refractivity contribution in [3.05, 3.63) is 95.8 Å². The second-order valence-corrected chi connectivity index (χ2v) is 8.22. The van der Waals surface area contributed by atoms with Crippen molar-refractivity contribution in [1.82, 2.24) is 15.1 Å². The van der Waals surface area contributed by atoms with Crippen molar-refractivity contribution in [2.45, 2.75) is 6.42 Å². The van der Waals surface area contributed by atoms with Crippen LogP contribution in [0.15, 0.2) is 78.9 Å². The molecular formula is C27H28FN3O2. The van der Waals surface area contributed by atoms with Gasteiger partial charge >= 0.3 is 0 Å². The highest BCUT2D eigenvalue weighted by atomic mass is 19.1. The number of amides is 2. The summed E-state index contributed by atoms with van der Waals surface area (Å²) < 4.78 is 13.0. The minimum Gasteiger partial charge on any atom is -0.351 e. The molecule has 0 saturated carbocycles. The molecule has 0 atom stereocenters. The molecule has 0 unspecified atom stereocenters. The Labute approximate surface area is 193 Å². The first-order valence-electron chi connectivity index (χ1n) is 11.3. The van der Waals surface area contributed by atoms with Crippen LogP contribution in [0.1, 0.15) is 15.9 Å². The van der Waals surface area contributed by atoms with E-state index in [1.165, 1.54) is 29.8 Å². The van der Waals surface area contributed by atoms with E-state index in [1.807, 2.05) is 35.2 Å². The van der Waals surface area contributed by atoms with Gasteiger partial charge in [0, 0.05) is 44.8 Å². The number of hydrogen-bond acceptors (Lipinski definition) is 3. The highest BCUT2D eigenvalue weighted by Crippen LogP contribution is 2.19. The van der Waals surface area contributed by atoms with Crippen molar-refractivity contribution < 1.29 is 14.0 Å². The number of halogens is 1. The fourth-order valence-corrected chi connectivity index (χ4v) is 3.98. The second-order valence-electron chi connectivity index (χ2n) is 8.22. The first-order valence-corrected chi connectivity index (χ1v) is 11.3. The zero-order valence-electron chi connectivity index (χ0n) is 18.5. The summed E-state index contributed by atoms with van der Waals surface area (Å²) in [6.45, 7) is 4.17. The van der Waals surface area contributed by atoms with Gasteiger partial charge in [0.2, 0.25) is 5.91 Å². The summed E-state index contributed by atoms with van der Waals surface area (Å²) >= 11 is 0. The molecule has 33 heavy (non-hydrogen) atoms. The minimum absolute atomic E-state index is 0.145. The number of piperazine rings is 1. The van der Waals surface area contributed by atoms with E-state index in [0.717, 1.165) is 30.8 Å². The molecular weight excluding hydrogens is 417 g/mol. The molecule has 1 fully saturated rings. The van der Waals surface area contributed by atoms with Crippen LogP contribution in [0.2, 0.25) is 0 Å². The molecule has 5 nitrogen and oxygen atoms in total. The molecule has 1 heterocycles. The summed E-state index contributed by atoms with van der Waals surface area (Å²) in [6.07, 6.45) is 0.406. The van der Waals surface area contributed by atoms with Gasteiger partial charge in [-0.2, -0.15) is 0 Å². The standard InChI is InChI=1S/C27H28FN3O2/c28-25-12-10-24(11-13-25)27(33)29-14-15-30-16-18-31(19-17-30)26(32)20-21-6-8-23(9-7-21)22-4-2-1-3-5-22/h1-13H,14-20H2,(H,29,33). The van der Waals surface area contributed by atoms with Gasteiger partial charge in [-0.05, 0) is 41.0 Å². The van der Waals surface area contributed by atoms with Gasteiger partial charge in [-0.1, -0.05) is 54.6 Å². The van der Waals surface area contributed by atoms with Gasteiger partial charge in [0.15, 0.2) is 0 Å². The van der Waals surface area contributed by atoms with Crippen molar-refractivity contribution in [3.63, 3.8) is 0 Å². The number of rotatable bonds is 7. The van der Waals surface area contributed by atoms with Crippen molar-refractivity contribution in [2.75, 3.05) is 39.3 Å². The summed E-state index contributed by atoms with van der Waals surface area (Å²) in [7, 11) is 0. The van der Waals surface area contributed by atoms with Gasteiger partial charge < -0.3 is 10.2 Å². The van der Waals surface area contributed by atoms with Gasteiger partial charge in [-0.3, -0.25) is 14.5 Å². The molecule has 0 bridgehead atoms. The third kappa shape index (κ3) is 6.26. The fraction of sp³-hybridized carbons (Fsp3) is 0.259. The van der Waals surface area contributed by atoms with Gasteiger partial charge in [-0.15, -0.1) is 0 Å². The number of nitrogens with one attached hydrogen (secondary N) is 1. The third-order valence-corrected chi connectivity index (χ3v) is 5.96. The van der Waals surface area contributed by atoms with Crippen LogP contribution in [0, 0.1) is 5.82 Å². The molecule has 0 aromatic heterocycles. The molecule has 1 saturated heterocycles. The summed E-state index contributed by atoms with van der Waals surface area (Å²) in [5.41, 5.74) is 3.78. The normalized spacial score (nSPS) is 14.2. The Balaban J connectivity index is 1.18. The molecule has 1 aliphatic rings. The van der Waals surface area contributed by atoms with Crippen LogP contribution in [-0.4, -0.2) is 60.9 Å². The maximum absolute atomic E-state index is 13.0. The van der Waals surface area contributed by atoms with E-state index in [1.54, 1.807) is 0 Å². The maximum atomic E-state index is 13.0. The number of nitrogens with zero attached hydrogens (tertiary/aromatic N) is 2. The van der Waals surface area contributed by atoms with Crippen molar-refractivity contribution in [2.24, 2.45) is 0 Å². The summed E-state index contributed by atoms with van der Waals surface area (Å²) in [5.74, 6) is -0.419.